The number of hydrogen-bond donors (Lipinski definition) is 1. The number of rotatable bonds is 6. The maximum absolute atomic E-state index is 12.0. The van der Waals surface area contributed by atoms with E-state index in [-0.39, 0.29) is 11.2 Å². The van der Waals surface area contributed by atoms with Crippen molar-refractivity contribution < 1.29 is 4.79 Å². The van der Waals surface area contributed by atoms with Crippen LogP contribution in [0.15, 0.2) is 12.1 Å². The van der Waals surface area contributed by atoms with Gasteiger partial charge in [0, 0.05) is 6.42 Å². The summed E-state index contributed by atoms with van der Waals surface area (Å²) in [5, 5.41) is 0. The van der Waals surface area contributed by atoms with Gasteiger partial charge < -0.3 is 5.73 Å². The minimum absolute atomic E-state index is 0.193. The SMILES string of the molecule is CC(C)(C)C(CCN)CCC(=O)c1ccc(Cl)s1. The Hall–Kier alpha value is -0.380. The summed E-state index contributed by atoms with van der Waals surface area (Å²) in [6, 6.07) is 3.59. The molecule has 0 saturated carbocycles. The molecule has 0 radical (unpaired) electrons. The van der Waals surface area contributed by atoms with Crippen LogP contribution < -0.4 is 5.73 Å². The minimum Gasteiger partial charge on any atom is -0.330 e. The van der Waals surface area contributed by atoms with Crippen LogP contribution >= 0.6 is 22.9 Å². The van der Waals surface area contributed by atoms with Gasteiger partial charge in [-0.2, -0.15) is 0 Å². The van der Waals surface area contributed by atoms with Crippen molar-refractivity contribution >= 4 is 28.7 Å². The number of carbonyl (C=O) groups excluding carboxylic acids is 1. The molecule has 1 aromatic rings. The average Bonchev–Trinajstić information content (AvgIpc) is 2.69. The largest absolute Gasteiger partial charge is 0.330 e. The monoisotopic (exact) mass is 287 g/mol. The molecule has 1 heterocycles. The summed E-state index contributed by atoms with van der Waals surface area (Å²) in [5.74, 6) is 0.681. The topological polar surface area (TPSA) is 43.1 Å². The second-order valence-electron chi connectivity index (χ2n) is 5.71. The maximum atomic E-state index is 12.0. The summed E-state index contributed by atoms with van der Waals surface area (Å²) in [5.41, 5.74) is 5.85. The van der Waals surface area contributed by atoms with Crippen LogP contribution in [0.5, 0.6) is 0 Å². The first-order valence-electron chi connectivity index (χ1n) is 6.33. The predicted molar refractivity (Wildman–Crippen MR) is 79.5 cm³/mol. The van der Waals surface area contributed by atoms with Crippen LogP contribution in [-0.4, -0.2) is 12.3 Å². The molecule has 0 aliphatic heterocycles. The lowest BCUT2D eigenvalue weighted by Crippen LogP contribution is -2.24. The molecule has 0 amide bonds. The van der Waals surface area contributed by atoms with Gasteiger partial charge in [-0.3, -0.25) is 4.79 Å². The molecular weight excluding hydrogens is 266 g/mol. The van der Waals surface area contributed by atoms with Crippen molar-refractivity contribution in [3.63, 3.8) is 0 Å². The molecule has 1 aromatic heterocycles. The van der Waals surface area contributed by atoms with Crippen molar-refractivity contribution in [1.29, 1.82) is 0 Å². The number of thiophene rings is 1. The van der Waals surface area contributed by atoms with Gasteiger partial charge in [0.15, 0.2) is 5.78 Å². The third kappa shape index (κ3) is 4.71. The summed E-state index contributed by atoms with van der Waals surface area (Å²) in [6.45, 7) is 7.31. The molecule has 0 aliphatic rings. The second-order valence-corrected chi connectivity index (χ2v) is 7.42. The van der Waals surface area contributed by atoms with Gasteiger partial charge in [-0.15, -0.1) is 11.3 Å². The van der Waals surface area contributed by atoms with E-state index in [1.807, 2.05) is 6.07 Å². The summed E-state index contributed by atoms with van der Waals surface area (Å²) in [7, 11) is 0. The van der Waals surface area contributed by atoms with Crippen LogP contribution in [0.25, 0.3) is 0 Å². The molecule has 2 N–H and O–H groups in total. The number of hydrogen-bond acceptors (Lipinski definition) is 3. The minimum atomic E-state index is 0.193. The summed E-state index contributed by atoms with van der Waals surface area (Å²) < 4.78 is 0.674. The van der Waals surface area contributed by atoms with Gasteiger partial charge in [0.2, 0.25) is 0 Å². The van der Waals surface area contributed by atoms with Crippen molar-refractivity contribution in [2.75, 3.05) is 6.54 Å². The van der Waals surface area contributed by atoms with Gasteiger partial charge in [-0.25, -0.2) is 0 Å². The van der Waals surface area contributed by atoms with Crippen molar-refractivity contribution in [1.82, 2.24) is 0 Å². The average molecular weight is 288 g/mol. The lowest BCUT2D eigenvalue weighted by molar-refractivity contribution is 0.0961. The molecule has 0 aliphatic carbocycles. The Morgan fingerprint density at radius 2 is 2.06 bits per heavy atom. The van der Waals surface area contributed by atoms with E-state index in [0.717, 1.165) is 17.7 Å². The van der Waals surface area contributed by atoms with E-state index < -0.39 is 0 Å². The van der Waals surface area contributed by atoms with Crippen molar-refractivity contribution in [3.05, 3.63) is 21.3 Å². The van der Waals surface area contributed by atoms with Gasteiger partial charge in [-0.05, 0) is 42.9 Å². The smallest absolute Gasteiger partial charge is 0.172 e. The summed E-state index contributed by atoms with van der Waals surface area (Å²) in [4.78, 5) is 12.8. The lowest BCUT2D eigenvalue weighted by Gasteiger charge is -2.30. The van der Waals surface area contributed by atoms with Gasteiger partial charge in [0.1, 0.15) is 0 Å². The van der Waals surface area contributed by atoms with Crippen LogP contribution in [0.1, 0.15) is 49.7 Å². The Morgan fingerprint density at radius 1 is 1.39 bits per heavy atom. The molecule has 0 aromatic carbocycles. The fourth-order valence-corrected chi connectivity index (χ4v) is 3.11. The van der Waals surface area contributed by atoms with Crippen LogP contribution in [-0.2, 0) is 0 Å². The Kier molecular flexibility index (Phi) is 5.83. The zero-order chi connectivity index (χ0) is 13.8. The van der Waals surface area contributed by atoms with Gasteiger partial charge in [0.25, 0.3) is 0 Å². The highest BCUT2D eigenvalue weighted by Gasteiger charge is 2.24. The van der Waals surface area contributed by atoms with E-state index in [1.54, 1.807) is 6.07 Å². The molecule has 0 fully saturated rings. The first-order valence-corrected chi connectivity index (χ1v) is 7.52. The number of nitrogens with two attached hydrogens (primary N) is 1. The highest BCUT2D eigenvalue weighted by molar-refractivity contribution is 7.18. The van der Waals surface area contributed by atoms with Crippen LogP contribution in [0.4, 0.5) is 0 Å². The molecular formula is C14H22ClNOS. The molecule has 0 bridgehead atoms. The number of carbonyl (C=O) groups is 1. The van der Waals surface area contributed by atoms with Gasteiger partial charge in [0.05, 0.1) is 9.21 Å². The van der Waals surface area contributed by atoms with Gasteiger partial charge in [-0.1, -0.05) is 32.4 Å². The van der Waals surface area contributed by atoms with Crippen LogP contribution in [0, 0.1) is 11.3 Å². The normalized spacial score (nSPS) is 13.6. The Bertz CT molecular complexity index is 395. The number of Topliss-reactive ketones (excluding diaryl/α,β-unsaturated/α-hetero) is 1. The van der Waals surface area contributed by atoms with Crippen molar-refractivity contribution in [2.24, 2.45) is 17.1 Å². The van der Waals surface area contributed by atoms with E-state index in [1.165, 1.54) is 11.3 Å². The number of ketones is 1. The molecule has 1 atom stereocenters. The zero-order valence-corrected chi connectivity index (χ0v) is 12.9. The molecule has 1 unspecified atom stereocenters. The molecule has 2 nitrogen and oxygen atoms in total. The molecule has 0 saturated heterocycles. The van der Waals surface area contributed by atoms with E-state index in [0.29, 0.717) is 23.2 Å². The fraction of sp³-hybridized carbons (Fsp3) is 0.643. The molecule has 1 rings (SSSR count). The Balaban J connectivity index is 2.55. The Morgan fingerprint density at radius 3 is 2.50 bits per heavy atom. The quantitative estimate of drug-likeness (QED) is 0.789. The molecule has 0 spiro atoms. The summed E-state index contributed by atoms with van der Waals surface area (Å²) in [6.07, 6.45) is 2.45. The molecule has 4 heteroatoms. The van der Waals surface area contributed by atoms with Crippen LogP contribution in [0.2, 0.25) is 4.34 Å². The Labute approximate surface area is 119 Å². The van der Waals surface area contributed by atoms with E-state index in [4.69, 9.17) is 17.3 Å². The fourth-order valence-electron chi connectivity index (χ4n) is 2.10. The van der Waals surface area contributed by atoms with Crippen molar-refractivity contribution in [3.8, 4) is 0 Å². The van der Waals surface area contributed by atoms with E-state index in [2.05, 4.69) is 20.8 Å². The third-order valence-electron chi connectivity index (χ3n) is 3.31. The van der Waals surface area contributed by atoms with Crippen molar-refractivity contribution in [2.45, 2.75) is 40.0 Å². The van der Waals surface area contributed by atoms with Gasteiger partial charge >= 0.3 is 0 Å². The third-order valence-corrected chi connectivity index (χ3v) is 4.58. The number of halogens is 1. The standard InChI is InChI=1S/C14H22ClNOS/c1-14(2,3)10(8-9-16)4-5-11(17)12-6-7-13(15)18-12/h6-7,10H,4-5,8-9,16H2,1-3H3. The van der Waals surface area contributed by atoms with E-state index in [9.17, 15) is 4.79 Å². The van der Waals surface area contributed by atoms with Crippen LogP contribution in [0.3, 0.4) is 0 Å². The van der Waals surface area contributed by atoms with E-state index >= 15 is 0 Å². The molecule has 102 valence electrons. The second kappa shape index (κ2) is 6.69. The highest BCUT2D eigenvalue weighted by atomic mass is 35.5. The first kappa shape index (κ1) is 15.7. The summed E-state index contributed by atoms with van der Waals surface area (Å²) >= 11 is 7.20. The highest BCUT2D eigenvalue weighted by Crippen LogP contribution is 2.33. The first-order chi connectivity index (χ1) is 8.34. The molecule has 18 heavy (non-hydrogen) atoms. The predicted octanol–water partition coefficient (Wildman–Crippen LogP) is 4.38. The zero-order valence-electron chi connectivity index (χ0n) is 11.3. The maximum Gasteiger partial charge on any atom is 0.172 e. The lowest BCUT2D eigenvalue weighted by atomic mass is 9.76.